The molecule has 1 aromatic heterocycles. The minimum absolute atomic E-state index is 0.0140. The van der Waals surface area contributed by atoms with Crippen LogP contribution < -0.4 is 0 Å². The van der Waals surface area contributed by atoms with Crippen LogP contribution in [0, 0.1) is 5.92 Å². The molecule has 7 rings (SSSR count). The number of amidine groups is 1. The lowest BCUT2D eigenvalue weighted by Gasteiger charge is -2.44. The fraction of sp³-hybridized carbons (Fsp3) is 0.610. The van der Waals surface area contributed by atoms with E-state index in [1.54, 1.807) is 12.3 Å². The highest BCUT2D eigenvalue weighted by molar-refractivity contribution is 8.18. The lowest BCUT2D eigenvalue weighted by atomic mass is 9.81. The highest BCUT2D eigenvalue weighted by Gasteiger charge is 2.56. The molecule has 0 bridgehead atoms. The number of allylic oxidation sites excluding steroid dienone is 1. The molecule has 0 radical (unpaired) electrons. The summed E-state index contributed by atoms with van der Waals surface area (Å²) in [7, 11) is -1.83. The van der Waals surface area contributed by atoms with E-state index in [1.807, 2.05) is 35.2 Å². The highest BCUT2D eigenvalue weighted by Crippen LogP contribution is 2.56. The number of pyridine rings is 1. The number of aliphatic imine (C=N–C) groups is 1. The van der Waals surface area contributed by atoms with Gasteiger partial charge in [0, 0.05) is 66.8 Å². The molecule has 292 valence electrons. The summed E-state index contributed by atoms with van der Waals surface area (Å²) in [5.41, 5.74) is 2.22. The van der Waals surface area contributed by atoms with Crippen LogP contribution in [0.3, 0.4) is 0 Å². The Morgan fingerprint density at radius 1 is 1.06 bits per heavy atom. The quantitative estimate of drug-likeness (QED) is 0.185. The number of thioether (sulfide) groups is 1. The van der Waals surface area contributed by atoms with Crippen LogP contribution in [-0.2, 0) is 19.6 Å². The molecule has 2 aromatic rings. The number of amides is 2. The molecule has 3 fully saturated rings. The Hall–Kier alpha value is -2.41. The van der Waals surface area contributed by atoms with Crippen molar-refractivity contribution in [3.8, 4) is 0 Å². The molecule has 5 heterocycles. The van der Waals surface area contributed by atoms with Gasteiger partial charge in [0.2, 0.25) is 5.91 Å². The molecule has 4 aliphatic heterocycles. The first-order valence-electron chi connectivity index (χ1n) is 19.6. The second-order valence-corrected chi connectivity index (χ2v) is 24.6. The molecule has 2 amide bonds. The second kappa shape index (κ2) is 14.5. The molecule has 1 saturated carbocycles. The topological polar surface area (TPSA) is 81.6 Å². The van der Waals surface area contributed by atoms with E-state index >= 15 is 0 Å². The van der Waals surface area contributed by atoms with Crippen LogP contribution in [0.5, 0.6) is 0 Å². The Balaban J connectivity index is 1.12. The maximum atomic E-state index is 15.0. The number of hydrogen-bond donors (Lipinski definition) is 0. The third-order valence-corrected chi connectivity index (χ3v) is 19.1. The zero-order valence-corrected chi connectivity index (χ0v) is 36.6. The van der Waals surface area contributed by atoms with E-state index in [1.165, 1.54) is 11.8 Å². The van der Waals surface area contributed by atoms with Gasteiger partial charge in [0.05, 0.1) is 6.04 Å². The number of piperazine rings is 1. The molecular weight excluding hydrogens is 756 g/mol. The number of nitrogens with zero attached hydrogens (tertiary/aromatic N) is 6. The number of carbonyl (C=O) groups excluding carboxylic acids is 2. The zero-order valence-electron chi connectivity index (χ0n) is 33.3. The first kappa shape index (κ1) is 39.8. The molecule has 1 aromatic carbocycles. The van der Waals surface area contributed by atoms with Crippen molar-refractivity contribution in [2.45, 2.75) is 121 Å². The summed E-state index contributed by atoms with van der Waals surface area (Å²) in [5, 5.41) is 2.03. The lowest BCUT2D eigenvalue weighted by Crippen LogP contribution is -2.60. The predicted octanol–water partition coefficient (Wildman–Crippen LogP) is 8.71. The van der Waals surface area contributed by atoms with Gasteiger partial charge in [-0.1, -0.05) is 76.0 Å². The summed E-state index contributed by atoms with van der Waals surface area (Å²) < 4.78 is 6.54. The molecule has 5 aliphatic rings. The molecule has 9 nitrogen and oxygen atoms in total. The first-order chi connectivity index (χ1) is 25.4. The van der Waals surface area contributed by atoms with Gasteiger partial charge < -0.3 is 19.1 Å². The van der Waals surface area contributed by atoms with E-state index in [9.17, 15) is 9.59 Å². The maximum absolute atomic E-state index is 15.0. The number of carbonyl (C=O) groups is 2. The zero-order chi connectivity index (χ0) is 39.0. The number of hydrogen-bond acceptors (Lipinski definition) is 8. The predicted molar refractivity (Wildman–Crippen MR) is 222 cm³/mol. The molecule has 0 N–H and O–H groups in total. The number of rotatable bonds is 9. The standard InChI is InChI=1S/C41H56Cl2N6O3SSi/c1-26(2)33-34(53-38-45-40(7,29-13-17-32(43)44-24-29)35(49(33)38)28-11-14-30(42)15-12-28)37(51)48-27(3)10-16-31(48)36(50)46-20-21-47(41(25-46)18-19-41)22-23-52-54(8,9)39(4,5)6/h11-15,17,24,26-27,31,35H,10,16,18-23,25H2,1-9H3/t27-,31+,35-,40+/m1/s1. The van der Waals surface area contributed by atoms with E-state index in [-0.39, 0.29) is 40.4 Å². The molecule has 2 saturated heterocycles. The largest absolute Gasteiger partial charge is 0.416 e. The fourth-order valence-electron chi connectivity index (χ4n) is 8.65. The van der Waals surface area contributed by atoms with E-state index in [0.29, 0.717) is 28.0 Å². The van der Waals surface area contributed by atoms with Crippen molar-refractivity contribution in [2.75, 3.05) is 32.8 Å². The van der Waals surface area contributed by atoms with Gasteiger partial charge in [0.15, 0.2) is 13.5 Å². The summed E-state index contributed by atoms with van der Waals surface area (Å²) >= 11 is 14.0. The van der Waals surface area contributed by atoms with Gasteiger partial charge in [0.25, 0.3) is 5.91 Å². The molecule has 1 aliphatic carbocycles. The Kier molecular flexibility index (Phi) is 10.7. The third-order valence-electron chi connectivity index (χ3n) is 13.0. The van der Waals surface area contributed by atoms with Crippen molar-refractivity contribution in [3.63, 3.8) is 0 Å². The Morgan fingerprint density at radius 3 is 2.37 bits per heavy atom. The average Bonchev–Trinajstić information content (AvgIpc) is 3.46. The van der Waals surface area contributed by atoms with E-state index in [2.05, 4.69) is 81.2 Å². The summed E-state index contributed by atoms with van der Waals surface area (Å²) in [4.78, 5) is 48.7. The van der Waals surface area contributed by atoms with Crippen molar-refractivity contribution in [2.24, 2.45) is 10.9 Å². The number of aromatic nitrogens is 1. The Labute approximate surface area is 337 Å². The molecule has 4 atom stereocenters. The van der Waals surface area contributed by atoms with E-state index < -0.39 is 19.9 Å². The van der Waals surface area contributed by atoms with Gasteiger partial charge in [-0.25, -0.2) is 9.98 Å². The molecular formula is C41H56Cl2N6O3SSi. The minimum atomic E-state index is -1.83. The Bertz CT molecular complexity index is 1840. The summed E-state index contributed by atoms with van der Waals surface area (Å²) in [6.07, 6.45) is 5.46. The highest BCUT2D eigenvalue weighted by atomic mass is 35.5. The van der Waals surface area contributed by atoms with Gasteiger partial charge in [0.1, 0.15) is 21.6 Å². The smallest absolute Gasteiger partial charge is 0.263 e. The van der Waals surface area contributed by atoms with Crippen molar-refractivity contribution < 1.29 is 14.0 Å². The minimum Gasteiger partial charge on any atom is -0.416 e. The van der Waals surface area contributed by atoms with E-state index in [4.69, 9.17) is 32.6 Å². The molecule has 54 heavy (non-hydrogen) atoms. The van der Waals surface area contributed by atoms with Crippen LogP contribution in [-0.4, -0.2) is 100 Å². The normalized spacial score (nSPS) is 27.0. The van der Waals surface area contributed by atoms with Gasteiger partial charge in [-0.05, 0) is 99.1 Å². The maximum Gasteiger partial charge on any atom is 0.263 e. The van der Waals surface area contributed by atoms with Crippen LogP contribution >= 0.6 is 35.0 Å². The van der Waals surface area contributed by atoms with E-state index in [0.717, 1.165) is 67.5 Å². The molecule has 0 unspecified atom stereocenters. The summed E-state index contributed by atoms with van der Waals surface area (Å²) in [6, 6.07) is 10.9. The summed E-state index contributed by atoms with van der Waals surface area (Å²) in [5.74, 6) is 0.0297. The molecule has 13 heteroatoms. The number of benzene rings is 1. The Morgan fingerprint density at radius 2 is 1.76 bits per heavy atom. The summed E-state index contributed by atoms with van der Waals surface area (Å²) in [6.45, 7) is 23.8. The van der Waals surface area contributed by atoms with Gasteiger partial charge in [-0.3, -0.25) is 14.5 Å². The SMILES string of the molecule is CC(C)C1=C(C(=O)N2[C@H](C)CC[C@H]2C(=O)N2CCN(CCO[Si](C)(C)C(C)(C)C)C3(CC3)C2)SC2=N[C@@](C)(c3ccc(Cl)nc3)[C@@H](c3ccc(Cl)cc3)N21. The van der Waals surface area contributed by atoms with Crippen LogP contribution in [0.25, 0.3) is 0 Å². The number of fused-ring (bicyclic) bond motifs is 1. The lowest BCUT2D eigenvalue weighted by molar-refractivity contribution is -0.145. The molecule has 1 spiro atoms. The van der Waals surface area contributed by atoms with Crippen LogP contribution in [0.1, 0.15) is 91.3 Å². The number of likely N-dealkylation sites (tertiary alicyclic amines) is 1. The van der Waals surface area contributed by atoms with Crippen LogP contribution in [0.2, 0.25) is 28.3 Å². The van der Waals surface area contributed by atoms with Crippen molar-refractivity contribution in [1.82, 2.24) is 24.6 Å². The van der Waals surface area contributed by atoms with Crippen LogP contribution in [0.15, 0.2) is 58.2 Å². The van der Waals surface area contributed by atoms with Gasteiger partial charge in [-0.2, -0.15) is 0 Å². The second-order valence-electron chi connectivity index (χ2n) is 17.9. The third kappa shape index (κ3) is 7.08. The average molecular weight is 812 g/mol. The first-order valence-corrected chi connectivity index (χ1v) is 24.0. The van der Waals surface area contributed by atoms with Crippen molar-refractivity contribution in [1.29, 1.82) is 0 Å². The van der Waals surface area contributed by atoms with Gasteiger partial charge >= 0.3 is 0 Å². The fourth-order valence-corrected chi connectivity index (χ4v) is 11.3. The monoisotopic (exact) mass is 810 g/mol. The number of halogens is 2. The van der Waals surface area contributed by atoms with Crippen LogP contribution in [0.4, 0.5) is 0 Å². The van der Waals surface area contributed by atoms with Crippen molar-refractivity contribution >= 4 is 60.3 Å². The van der Waals surface area contributed by atoms with Crippen molar-refractivity contribution in [3.05, 3.63) is 74.5 Å². The van der Waals surface area contributed by atoms with Gasteiger partial charge in [-0.15, -0.1) is 0 Å².